The summed E-state index contributed by atoms with van der Waals surface area (Å²) in [7, 11) is 0. The second-order valence-electron chi connectivity index (χ2n) is 9.28. The number of hydrogen-bond acceptors (Lipinski definition) is 3. The van der Waals surface area contributed by atoms with Crippen molar-refractivity contribution in [1.82, 2.24) is 14.8 Å². The number of benzene rings is 1. The molecule has 2 aliphatic rings. The average molecular weight is 420 g/mol. The Morgan fingerprint density at radius 1 is 1.19 bits per heavy atom. The maximum Gasteiger partial charge on any atom is 0.271 e. The first-order valence-electron chi connectivity index (χ1n) is 11.2. The van der Waals surface area contributed by atoms with E-state index in [1.807, 2.05) is 47.9 Å². The van der Waals surface area contributed by atoms with Crippen molar-refractivity contribution in [3.63, 3.8) is 0 Å². The van der Waals surface area contributed by atoms with E-state index in [0.29, 0.717) is 30.3 Å². The monoisotopic (exact) mass is 419 g/mol. The highest BCUT2D eigenvalue weighted by Crippen LogP contribution is 2.34. The topological polar surface area (TPSA) is 67.5 Å². The molecule has 1 aromatic carbocycles. The van der Waals surface area contributed by atoms with E-state index in [9.17, 15) is 9.59 Å². The molecule has 0 radical (unpaired) electrons. The Morgan fingerprint density at radius 3 is 2.74 bits per heavy atom. The molecule has 31 heavy (non-hydrogen) atoms. The van der Waals surface area contributed by atoms with Gasteiger partial charge >= 0.3 is 0 Å². The van der Waals surface area contributed by atoms with Crippen molar-refractivity contribution < 1.29 is 14.0 Å². The van der Waals surface area contributed by atoms with Gasteiger partial charge in [-0.1, -0.05) is 50.1 Å². The van der Waals surface area contributed by atoms with Crippen molar-refractivity contribution in [2.75, 3.05) is 0 Å². The minimum Gasteiger partial charge on any atom is -0.463 e. The molecular weight excluding hydrogens is 390 g/mol. The van der Waals surface area contributed by atoms with Crippen molar-refractivity contribution in [2.24, 2.45) is 5.92 Å². The fourth-order valence-electron chi connectivity index (χ4n) is 5.14. The molecule has 5 rings (SSSR count). The molecule has 0 bridgehead atoms. The number of fused-ring (bicyclic) bond motifs is 3. The van der Waals surface area contributed by atoms with Crippen LogP contribution in [0.4, 0.5) is 0 Å². The van der Waals surface area contributed by atoms with Gasteiger partial charge in [0.1, 0.15) is 11.2 Å². The number of hydrogen-bond donors (Lipinski definition) is 1. The Balaban J connectivity index is 1.53. The molecule has 2 amide bonds. The van der Waals surface area contributed by atoms with Crippen LogP contribution in [-0.2, 0) is 17.9 Å². The number of furan rings is 1. The molecule has 1 saturated carbocycles. The minimum absolute atomic E-state index is 0.0773. The molecule has 6 heteroatoms. The van der Waals surface area contributed by atoms with E-state index in [0.717, 1.165) is 30.3 Å². The Labute approximate surface area is 182 Å². The zero-order valence-corrected chi connectivity index (χ0v) is 18.1. The summed E-state index contributed by atoms with van der Waals surface area (Å²) in [4.78, 5) is 29.1. The maximum atomic E-state index is 13.7. The van der Waals surface area contributed by atoms with E-state index in [4.69, 9.17) is 4.42 Å². The van der Waals surface area contributed by atoms with Crippen molar-refractivity contribution >= 4 is 22.9 Å². The first kappa shape index (κ1) is 19.9. The van der Waals surface area contributed by atoms with Crippen LogP contribution in [0, 0.1) is 5.92 Å². The molecule has 0 spiro atoms. The standard InChI is InChI=1S/C25H29N3O3/c1-17-8-6-7-11-19(17)26-24(30)25(2)16-27-20-12-13-31-22(20)14-21(27)23(29)28(25)15-18-9-4-3-5-10-18/h3-5,9-10,12-14,17,19H,6-8,11,15-16H2,1-2H3,(H,26,30)/t17-,19+,25+/m1/s1. The lowest BCUT2D eigenvalue weighted by Crippen LogP contribution is -2.65. The summed E-state index contributed by atoms with van der Waals surface area (Å²) in [6, 6.07) is 13.7. The van der Waals surface area contributed by atoms with Crippen molar-refractivity contribution in [2.45, 2.75) is 64.2 Å². The van der Waals surface area contributed by atoms with E-state index in [-0.39, 0.29) is 17.9 Å². The summed E-state index contributed by atoms with van der Waals surface area (Å²) in [6.45, 7) is 4.89. The predicted molar refractivity (Wildman–Crippen MR) is 118 cm³/mol. The number of nitrogens with one attached hydrogen (secondary N) is 1. The van der Waals surface area contributed by atoms with E-state index < -0.39 is 5.54 Å². The van der Waals surface area contributed by atoms with Gasteiger partial charge in [0.2, 0.25) is 5.91 Å². The molecule has 1 aliphatic carbocycles. The second kappa shape index (κ2) is 7.59. The van der Waals surface area contributed by atoms with Gasteiger partial charge in [-0.25, -0.2) is 0 Å². The third kappa shape index (κ3) is 3.34. The Morgan fingerprint density at radius 2 is 1.97 bits per heavy atom. The zero-order valence-electron chi connectivity index (χ0n) is 18.1. The van der Waals surface area contributed by atoms with Crippen LogP contribution in [0.3, 0.4) is 0 Å². The number of amides is 2. The minimum atomic E-state index is -1.000. The molecule has 1 fully saturated rings. The average Bonchev–Trinajstić information content (AvgIpc) is 3.36. The molecule has 162 valence electrons. The van der Waals surface area contributed by atoms with Crippen LogP contribution in [0.1, 0.15) is 55.6 Å². The van der Waals surface area contributed by atoms with E-state index >= 15 is 0 Å². The SMILES string of the molecule is C[C@@H]1CCCC[C@@H]1NC(=O)[C@]1(C)Cn2c(cc3occc32)C(=O)N1Cc1ccccc1. The predicted octanol–water partition coefficient (Wildman–Crippen LogP) is 4.34. The third-order valence-corrected chi connectivity index (χ3v) is 7.15. The first-order valence-corrected chi connectivity index (χ1v) is 11.2. The second-order valence-corrected chi connectivity index (χ2v) is 9.28. The maximum absolute atomic E-state index is 13.7. The summed E-state index contributed by atoms with van der Waals surface area (Å²) in [5, 5.41) is 3.31. The summed E-state index contributed by atoms with van der Waals surface area (Å²) >= 11 is 0. The summed E-state index contributed by atoms with van der Waals surface area (Å²) in [5.41, 5.74) is 2.10. The van der Waals surface area contributed by atoms with Crippen molar-refractivity contribution in [3.8, 4) is 0 Å². The molecule has 0 saturated heterocycles. The van der Waals surface area contributed by atoms with Crippen LogP contribution < -0.4 is 5.32 Å². The summed E-state index contributed by atoms with van der Waals surface area (Å²) in [6.07, 6.45) is 6.10. The number of aromatic nitrogens is 1. The Hall–Kier alpha value is -3.02. The molecule has 1 N–H and O–H groups in total. The number of carbonyl (C=O) groups is 2. The fourth-order valence-corrected chi connectivity index (χ4v) is 5.14. The summed E-state index contributed by atoms with van der Waals surface area (Å²) in [5.74, 6) is 0.230. The number of carbonyl (C=O) groups excluding carboxylic acids is 2. The Kier molecular flexibility index (Phi) is 4.88. The smallest absolute Gasteiger partial charge is 0.271 e. The van der Waals surface area contributed by atoms with Crippen molar-refractivity contribution in [3.05, 3.63) is 60.0 Å². The molecule has 1 aliphatic heterocycles. The van der Waals surface area contributed by atoms with Gasteiger partial charge in [0.05, 0.1) is 18.3 Å². The number of nitrogens with zero attached hydrogens (tertiary/aromatic N) is 2. The first-order chi connectivity index (χ1) is 15.0. The van der Waals surface area contributed by atoms with Crippen LogP contribution in [0.25, 0.3) is 11.1 Å². The highest BCUT2D eigenvalue weighted by Gasteiger charge is 2.48. The third-order valence-electron chi connectivity index (χ3n) is 7.15. The van der Waals surface area contributed by atoms with E-state index in [1.54, 1.807) is 17.2 Å². The van der Waals surface area contributed by atoms with E-state index in [2.05, 4.69) is 12.2 Å². The van der Waals surface area contributed by atoms with Crippen LogP contribution in [0.5, 0.6) is 0 Å². The van der Waals surface area contributed by atoms with Gasteiger partial charge in [0, 0.05) is 24.7 Å². The number of rotatable bonds is 4. The van der Waals surface area contributed by atoms with Gasteiger partial charge < -0.3 is 19.2 Å². The van der Waals surface area contributed by atoms with Gasteiger partial charge in [0.15, 0.2) is 5.58 Å². The highest BCUT2D eigenvalue weighted by molar-refractivity contribution is 6.02. The normalized spacial score (nSPS) is 26.1. The van der Waals surface area contributed by atoms with Gasteiger partial charge in [0.25, 0.3) is 5.91 Å². The van der Waals surface area contributed by atoms with Crippen LogP contribution in [0.2, 0.25) is 0 Å². The van der Waals surface area contributed by atoms with Crippen molar-refractivity contribution in [1.29, 1.82) is 0 Å². The molecule has 3 heterocycles. The van der Waals surface area contributed by atoms with Gasteiger partial charge in [-0.2, -0.15) is 0 Å². The van der Waals surface area contributed by atoms with Crippen LogP contribution >= 0.6 is 0 Å². The Bertz CT molecular complexity index is 1120. The van der Waals surface area contributed by atoms with Crippen LogP contribution in [0.15, 0.2) is 53.1 Å². The van der Waals surface area contributed by atoms with Gasteiger partial charge in [-0.15, -0.1) is 0 Å². The van der Waals surface area contributed by atoms with Gasteiger partial charge in [-0.3, -0.25) is 9.59 Å². The lowest BCUT2D eigenvalue weighted by Gasteiger charge is -2.45. The van der Waals surface area contributed by atoms with Crippen LogP contribution in [-0.4, -0.2) is 32.9 Å². The largest absolute Gasteiger partial charge is 0.463 e. The molecule has 3 aromatic rings. The molecule has 6 nitrogen and oxygen atoms in total. The molecule has 2 aromatic heterocycles. The molecule has 3 atom stereocenters. The molecular formula is C25H29N3O3. The summed E-state index contributed by atoms with van der Waals surface area (Å²) < 4.78 is 7.48. The zero-order chi connectivity index (χ0) is 21.6. The molecule has 0 unspecified atom stereocenters. The van der Waals surface area contributed by atoms with E-state index in [1.165, 1.54) is 6.42 Å². The highest BCUT2D eigenvalue weighted by atomic mass is 16.3. The quantitative estimate of drug-likeness (QED) is 0.684. The lowest BCUT2D eigenvalue weighted by molar-refractivity contribution is -0.134. The lowest BCUT2D eigenvalue weighted by atomic mass is 9.85. The van der Waals surface area contributed by atoms with Gasteiger partial charge in [-0.05, 0) is 31.2 Å². The fraction of sp³-hybridized carbons (Fsp3) is 0.440.